The Labute approximate surface area is 159 Å². The van der Waals surface area contributed by atoms with Gasteiger partial charge in [-0.05, 0) is 43.2 Å². The summed E-state index contributed by atoms with van der Waals surface area (Å²) < 4.78 is 2.01. The molecule has 0 radical (unpaired) electrons. The zero-order chi connectivity index (χ0) is 18.6. The SMILES string of the molecule is O=C1C(O)=C(c2ccccc2)C(C2=CCCCC2)N1CCCn1ccnc1. The van der Waals surface area contributed by atoms with Crippen molar-refractivity contribution in [1.29, 1.82) is 0 Å². The summed E-state index contributed by atoms with van der Waals surface area (Å²) in [6, 6.07) is 9.66. The fraction of sp³-hybridized carbons (Fsp3) is 0.364. The molecule has 2 aromatic rings. The predicted octanol–water partition coefficient (Wildman–Crippen LogP) is 3.95. The lowest BCUT2D eigenvalue weighted by Crippen LogP contribution is -2.38. The van der Waals surface area contributed by atoms with E-state index in [1.807, 2.05) is 46.0 Å². The maximum atomic E-state index is 12.9. The van der Waals surface area contributed by atoms with Crippen molar-refractivity contribution in [3.63, 3.8) is 0 Å². The molecule has 0 saturated carbocycles. The highest BCUT2D eigenvalue weighted by Gasteiger charge is 2.41. The molecule has 1 aromatic carbocycles. The van der Waals surface area contributed by atoms with Crippen LogP contribution in [-0.2, 0) is 11.3 Å². The number of aryl methyl sites for hydroxylation is 1. The monoisotopic (exact) mass is 363 g/mol. The number of benzene rings is 1. The van der Waals surface area contributed by atoms with Crippen LogP contribution in [0.5, 0.6) is 0 Å². The van der Waals surface area contributed by atoms with Crippen LogP contribution in [-0.4, -0.2) is 38.1 Å². The Morgan fingerprint density at radius 2 is 2.00 bits per heavy atom. The van der Waals surface area contributed by atoms with E-state index in [-0.39, 0.29) is 17.7 Å². The first-order valence-electron chi connectivity index (χ1n) is 9.70. The molecule has 27 heavy (non-hydrogen) atoms. The molecular formula is C22H25N3O2. The Morgan fingerprint density at radius 1 is 1.15 bits per heavy atom. The van der Waals surface area contributed by atoms with E-state index in [2.05, 4.69) is 11.1 Å². The van der Waals surface area contributed by atoms with Crippen LogP contribution in [0.3, 0.4) is 0 Å². The third-order valence-electron chi connectivity index (χ3n) is 5.44. The number of amides is 1. The molecule has 1 amide bonds. The minimum Gasteiger partial charge on any atom is -0.503 e. The van der Waals surface area contributed by atoms with Crippen molar-refractivity contribution in [3.05, 3.63) is 72.0 Å². The second-order valence-corrected chi connectivity index (χ2v) is 7.21. The van der Waals surface area contributed by atoms with Gasteiger partial charge in [0.1, 0.15) is 0 Å². The van der Waals surface area contributed by atoms with Gasteiger partial charge in [0, 0.05) is 31.1 Å². The first-order valence-corrected chi connectivity index (χ1v) is 9.70. The van der Waals surface area contributed by atoms with Gasteiger partial charge >= 0.3 is 0 Å². The van der Waals surface area contributed by atoms with E-state index >= 15 is 0 Å². The summed E-state index contributed by atoms with van der Waals surface area (Å²) in [6.45, 7) is 1.41. The summed E-state index contributed by atoms with van der Waals surface area (Å²) in [4.78, 5) is 18.8. The molecule has 1 unspecified atom stereocenters. The third-order valence-corrected chi connectivity index (χ3v) is 5.44. The average molecular weight is 363 g/mol. The lowest BCUT2D eigenvalue weighted by Gasteiger charge is -2.31. The van der Waals surface area contributed by atoms with E-state index in [1.165, 1.54) is 12.0 Å². The van der Waals surface area contributed by atoms with Gasteiger partial charge in [-0.1, -0.05) is 36.4 Å². The molecule has 0 fully saturated rings. The first kappa shape index (κ1) is 17.6. The van der Waals surface area contributed by atoms with Crippen LogP contribution in [0.25, 0.3) is 5.57 Å². The third kappa shape index (κ3) is 3.54. The van der Waals surface area contributed by atoms with Crippen LogP contribution < -0.4 is 0 Å². The Bertz CT molecular complexity index is 853. The summed E-state index contributed by atoms with van der Waals surface area (Å²) in [5.74, 6) is -0.351. The van der Waals surface area contributed by atoms with Crippen LogP contribution in [0.15, 0.2) is 66.5 Å². The Kier molecular flexibility index (Phi) is 5.10. The minimum atomic E-state index is -0.254. The maximum Gasteiger partial charge on any atom is 0.289 e. The molecule has 1 aromatic heterocycles. The van der Waals surface area contributed by atoms with Gasteiger partial charge in [-0.2, -0.15) is 0 Å². The van der Waals surface area contributed by atoms with Crippen molar-refractivity contribution < 1.29 is 9.90 Å². The number of hydrogen-bond acceptors (Lipinski definition) is 3. The summed E-state index contributed by atoms with van der Waals surface area (Å²) in [6.07, 6.45) is 12.9. The fourth-order valence-electron chi connectivity index (χ4n) is 4.14. The zero-order valence-corrected chi connectivity index (χ0v) is 15.4. The van der Waals surface area contributed by atoms with Crippen molar-refractivity contribution in [1.82, 2.24) is 14.5 Å². The van der Waals surface area contributed by atoms with Gasteiger partial charge < -0.3 is 14.6 Å². The molecule has 1 atom stereocenters. The van der Waals surface area contributed by atoms with E-state index in [0.717, 1.165) is 43.4 Å². The number of carbonyl (C=O) groups is 1. The Morgan fingerprint density at radius 3 is 2.70 bits per heavy atom. The Hall–Kier alpha value is -2.82. The topological polar surface area (TPSA) is 58.4 Å². The van der Waals surface area contributed by atoms with Gasteiger partial charge in [0.2, 0.25) is 0 Å². The number of nitrogens with zero attached hydrogens (tertiary/aromatic N) is 3. The van der Waals surface area contributed by atoms with Crippen molar-refractivity contribution in [2.45, 2.75) is 44.7 Å². The van der Waals surface area contributed by atoms with E-state index in [0.29, 0.717) is 6.54 Å². The van der Waals surface area contributed by atoms with Gasteiger partial charge in [0.25, 0.3) is 5.91 Å². The molecule has 2 heterocycles. The molecule has 140 valence electrons. The van der Waals surface area contributed by atoms with Crippen molar-refractivity contribution >= 4 is 11.5 Å². The quantitative estimate of drug-likeness (QED) is 0.791. The summed E-state index contributed by atoms with van der Waals surface area (Å²) >= 11 is 0. The van der Waals surface area contributed by atoms with Gasteiger partial charge in [-0.25, -0.2) is 4.98 Å². The standard InChI is InChI=1S/C22H25N3O2/c26-21-19(17-8-3-1-4-9-17)20(18-10-5-2-6-11-18)25(22(21)27)14-7-13-24-15-12-23-16-24/h1,3-4,8-10,12,15-16,20,26H,2,5-7,11,13-14H2. The summed E-state index contributed by atoms with van der Waals surface area (Å²) in [7, 11) is 0. The number of aliphatic hydroxyl groups excluding tert-OH is 1. The smallest absolute Gasteiger partial charge is 0.289 e. The Balaban J connectivity index is 1.61. The normalized spacial score (nSPS) is 20.3. The zero-order valence-electron chi connectivity index (χ0n) is 15.4. The average Bonchev–Trinajstić information content (AvgIpc) is 3.31. The molecule has 2 aliphatic rings. The summed E-state index contributed by atoms with van der Waals surface area (Å²) in [5.41, 5.74) is 2.95. The van der Waals surface area contributed by atoms with Crippen LogP contribution in [0.2, 0.25) is 0 Å². The highest BCUT2D eigenvalue weighted by molar-refractivity contribution is 6.06. The highest BCUT2D eigenvalue weighted by atomic mass is 16.3. The van der Waals surface area contributed by atoms with Crippen molar-refractivity contribution in [2.75, 3.05) is 6.54 Å². The second kappa shape index (κ2) is 7.82. The molecule has 0 spiro atoms. The fourth-order valence-corrected chi connectivity index (χ4v) is 4.14. The molecule has 0 bridgehead atoms. The largest absolute Gasteiger partial charge is 0.503 e. The number of aliphatic hydroxyl groups is 1. The number of imidazole rings is 1. The van der Waals surface area contributed by atoms with Gasteiger partial charge in [-0.3, -0.25) is 4.79 Å². The first-order chi connectivity index (χ1) is 13.3. The minimum absolute atomic E-state index is 0.0969. The van der Waals surface area contributed by atoms with E-state index in [9.17, 15) is 9.90 Å². The lowest BCUT2D eigenvalue weighted by molar-refractivity contribution is -0.129. The molecule has 1 aliphatic heterocycles. The number of carbonyl (C=O) groups excluding carboxylic acids is 1. The van der Waals surface area contributed by atoms with Gasteiger partial charge in [-0.15, -0.1) is 0 Å². The highest BCUT2D eigenvalue weighted by Crippen LogP contribution is 2.39. The predicted molar refractivity (Wildman–Crippen MR) is 105 cm³/mol. The van der Waals surface area contributed by atoms with E-state index in [4.69, 9.17) is 0 Å². The molecule has 4 rings (SSSR count). The van der Waals surface area contributed by atoms with Crippen LogP contribution in [0.4, 0.5) is 0 Å². The number of aromatic nitrogens is 2. The number of hydrogen-bond donors (Lipinski definition) is 1. The molecule has 1 aliphatic carbocycles. The van der Waals surface area contributed by atoms with Crippen LogP contribution >= 0.6 is 0 Å². The maximum absolute atomic E-state index is 12.9. The number of rotatable bonds is 6. The second-order valence-electron chi connectivity index (χ2n) is 7.21. The van der Waals surface area contributed by atoms with E-state index < -0.39 is 0 Å². The number of allylic oxidation sites excluding steroid dienone is 1. The van der Waals surface area contributed by atoms with Crippen molar-refractivity contribution in [3.8, 4) is 0 Å². The van der Waals surface area contributed by atoms with Crippen LogP contribution in [0, 0.1) is 0 Å². The molecular weight excluding hydrogens is 338 g/mol. The van der Waals surface area contributed by atoms with Gasteiger partial charge in [0.15, 0.2) is 5.76 Å². The van der Waals surface area contributed by atoms with E-state index in [1.54, 1.807) is 12.5 Å². The molecule has 0 saturated heterocycles. The summed E-state index contributed by atoms with van der Waals surface area (Å²) in [5, 5.41) is 10.7. The van der Waals surface area contributed by atoms with Crippen LogP contribution in [0.1, 0.15) is 37.7 Å². The van der Waals surface area contributed by atoms with Crippen molar-refractivity contribution in [2.24, 2.45) is 0 Å². The molecule has 1 N–H and O–H groups in total. The molecule has 5 heteroatoms. The van der Waals surface area contributed by atoms with Gasteiger partial charge in [0.05, 0.1) is 12.4 Å². The lowest BCUT2D eigenvalue weighted by atomic mass is 9.87. The molecule has 5 nitrogen and oxygen atoms in total.